The molecule has 25 heavy (non-hydrogen) atoms. The van der Waals surface area contributed by atoms with Gasteiger partial charge in [-0.1, -0.05) is 0 Å². The molecule has 2 atom stereocenters. The average Bonchev–Trinajstić information content (AvgIpc) is 2.78. The van der Waals surface area contributed by atoms with Gasteiger partial charge in [0.05, 0.1) is 0 Å². The van der Waals surface area contributed by atoms with E-state index in [1.54, 1.807) is 6.92 Å². The molecule has 3 aliphatic rings. The Bertz CT molecular complexity index is 613. The number of likely N-dealkylation sites (tertiary alicyclic amines) is 1. The number of carbonyl (C=O) groups is 1. The number of aromatic nitrogens is 2. The lowest BCUT2D eigenvalue weighted by molar-refractivity contribution is -0.125. The van der Waals surface area contributed by atoms with Gasteiger partial charge in [0.2, 0.25) is 5.95 Å². The molecule has 4 rings (SSSR count). The lowest BCUT2D eigenvalue weighted by Gasteiger charge is -2.40. The smallest absolute Gasteiger partial charge is 0.225 e. The molecule has 1 aliphatic carbocycles. The van der Waals surface area contributed by atoms with Crippen LogP contribution in [0.2, 0.25) is 0 Å². The fourth-order valence-electron chi connectivity index (χ4n) is 4.70. The zero-order valence-corrected chi connectivity index (χ0v) is 15.6. The number of fused-ring (bicyclic) bond motifs is 2. The van der Waals surface area contributed by atoms with E-state index >= 15 is 0 Å². The van der Waals surface area contributed by atoms with Crippen LogP contribution in [0, 0.1) is 5.92 Å². The molecule has 3 fully saturated rings. The first kappa shape index (κ1) is 16.9. The van der Waals surface area contributed by atoms with E-state index in [0.29, 0.717) is 23.9 Å². The van der Waals surface area contributed by atoms with Crippen molar-refractivity contribution in [2.45, 2.75) is 57.3 Å². The maximum Gasteiger partial charge on any atom is 0.225 e. The Morgan fingerprint density at radius 2 is 1.80 bits per heavy atom. The van der Waals surface area contributed by atoms with Crippen molar-refractivity contribution >= 4 is 11.7 Å². The third-order valence-corrected chi connectivity index (χ3v) is 6.33. The van der Waals surface area contributed by atoms with Crippen LogP contribution in [0.25, 0.3) is 0 Å². The molecule has 136 valence electrons. The van der Waals surface area contributed by atoms with E-state index in [2.05, 4.69) is 38.8 Å². The maximum atomic E-state index is 11.4. The van der Waals surface area contributed by atoms with Crippen LogP contribution < -0.4 is 4.90 Å². The van der Waals surface area contributed by atoms with E-state index in [9.17, 15) is 4.79 Å². The predicted octanol–water partition coefficient (Wildman–Crippen LogP) is 1.56. The van der Waals surface area contributed by atoms with Crippen molar-refractivity contribution in [3.8, 4) is 0 Å². The van der Waals surface area contributed by atoms with Crippen molar-refractivity contribution in [1.29, 1.82) is 0 Å². The van der Waals surface area contributed by atoms with Crippen molar-refractivity contribution < 1.29 is 4.79 Å². The Morgan fingerprint density at radius 3 is 2.36 bits per heavy atom. The highest BCUT2D eigenvalue weighted by atomic mass is 16.1. The van der Waals surface area contributed by atoms with Crippen LogP contribution in [0.4, 0.5) is 5.95 Å². The second-order valence-corrected chi connectivity index (χ2v) is 8.25. The Labute approximate surface area is 150 Å². The number of likely N-dealkylation sites (N-methyl/N-ethyl adjacent to an activating group) is 1. The Kier molecular flexibility index (Phi) is 4.50. The van der Waals surface area contributed by atoms with Gasteiger partial charge in [-0.05, 0) is 46.7 Å². The van der Waals surface area contributed by atoms with E-state index < -0.39 is 0 Å². The minimum Gasteiger partial charge on any atom is -0.332 e. The second kappa shape index (κ2) is 6.65. The highest BCUT2D eigenvalue weighted by Gasteiger charge is 2.40. The SMILES string of the molecule is CC(=O)[C@H]1C[C@@H](N(C)Cc2cnc(N3C4CCC3CN(C)C4)nc2)C1. The average molecular weight is 343 g/mol. The summed E-state index contributed by atoms with van der Waals surface area (Å²) in [6.45, 7) is 4.79. The van der Waals surface area contributed by atoms with Crippen LogP contribution in [0.1, 0.15) is 38.2 Å². The van der Waals surface area contributed by atoms with Crippen molar-refractivity contribution in [2.75, 3.05) is 32.1 Å². The molecule has 6 nitrogen and oxygen atoms in total. The fraction of sp³-hybridized carbons (Fsp3) is 0.737. The first-order valence-corrected chi connectivity index (χ1v) is 9.49. The lowest BCUT2D eigenvalue weighted by Crippen LogP contribution is -2.53. The van der Waals surface area contributed by atoms with Gasteiger partial charge in [-0.25, -0.2) is 9.97 Å². The van der Waals surface area contributed by atoms with Crippen LogP contribution in [-0.2, 0) is 11.3 Å². The summed E-state index contributed by atoms with van der Waals surface area (Å²) in [4.78, 5) is 27.9. The summed E-state index contributed by atoms with van der Waals surface area (Å²) in [7, 11) is 4.34. The number of anilines is 1. The van der Waals surface area contributed by atoms with Gasteiger partial charge < -0.3 is 9.80 Å². The van der Waals surface area contributed by atoms with Crippen LogP contribution in [0.3, 0.4) is 0 Å². The van der Waals surface area contributed by atoms with Crippen LogP contribution >= 0.6 is 0 Å². The number of piperazine rings is 1. The molecule has 2 bridgehead atoms. The number of hydrogen-bond donors (Lipinski definition) is 0. The van der Waals surface area contributed by atoms with Crippen molar-refractivity contribution in [3.05, 3.63) is 18.0 Å². The van der Waals surface area contributed by atoms with Crippen molar-refractivity contribution in [1.82, 2.24) is 19.8 Å². The molecule has 2 saturated heterocycles. The van der Waals surface area contributed by atoms with E-state index in [1.165, 1.54) is 12.8 Å². The Morgan fingerprint density at radius 1 is 1.20 bits per heavy atom. The standard InChI is InChI=1S/C19H29N5O/c1-13(25)15-6-18(7-15)23(3)10-14-8-20-19(21-9-14)24-16-4-5-17(24)12-22(2)11-16/h8-9,15-18H,4-7,10-12H2,1-3H3/t15-,16?,17?,18+. The molecule has 0 N–H and O–H groups in total. The quantitative estimate of drug-likeness (QED) is 0.809. The highest BCUT2D eigenvalue weighted by molar-refractivity contribution is 5.79. The molecular formula is C19H29N5O. The summed E-state index contributed by atoms with van der Waals surface area (Å²) >= 11 is 0. The number of carbonyl (C=O) groups excluding carboxylic acids is 1. The number of Topliss-reactive ketones (excluding diaryl/α,β-unsaturated/α-hetero) is 1. The van der Waals surface area contributed by atoms with Gasteiger partial charge in [-0.2, -0.15) is 0 Å². The number of ketones is 1. The summed E-state index contributed by atoms with van der Waals surface area (Å²) in [5.74, 6) is 1.50. The van der Waals surface area contributed by atoms with Gasteiger partial charge in [-0.15, -0.1) is 0 Å². The van der Waals surface area contributed by atoms with Gasteiger partial charge in [-0.3, -0.25) is 9.69 Å². The van der Waals surface area contributed by atoms with E-state index in [-0.39, 0.29) is 5.92 Å². The highest BCUT2D eigenvalue weighted by Crippen LogP contribution is 2.33. The zero-order chi connectivity index (χ0) is 17.6. The number of nitrogens with zero attached hydrogens (tertiary/aromatic N) is 5. The molecule has 2 aliphatic heterocycles. The van der Waals surface area contributed by atoms with Gasteiger partial charge >= 0.3 is 0 Å². The lowest BCUT2D eigenvalue weighted by atomic mass is 9.77. The third-order valence-electron chi connectivity index (χ3n) is 6.33. The Hall–Kier alpha value is -1.53. The summed E-state index contributed by atoms with van der Waals surface area (Å²) in [6.07, 6.45) is 8.46. The number of rotatable bonds is 5. The van der Waals surface area contributed by atoms with Gasteiger partial charge in [0.1, 0.15) is 5.78 Å². The third kappa shape index (κ3) is 3.29. The van der Waals surface area contributed by atoms with Crippen LogP contribution in [-0.4, -0.2) is 70.9 Å². The second-order valence-electron chi connectivity index (χ2n) is 8.25. The number of hydrogen-bond acceptors (Lipinski definition) is 6. The summed E-state index contributed by atoms with van der Waals surface area (Å²) < 4.78 is 0. The van der Waals surface area contributed by atoms with E-state index in [4.69, 9.17) is 0 Å². The minimum absolute atomic E-state index is 0.277. The first-order valence-electron chi connectivity index (χ1n) is 9.49. The van der Waals surface area contributed by atoms with Crippen LogP contribution in [0.5, 0.6) is 0 Å². The molecule has 0 spiro atoms. The van der Waals surface area contributed by atoms with Gasteiger partial charge in [0.25, 0.3) is 0 Å². The molecule has 3 heterocycles. The molecule has 0 radical (unpaired) electrons. The minimum atomic E-state index is 0.277. The molecule has 1 aromatic rings. The molecule has 1 saturated carbocycles. The predicted molar refractivity (Wildman–Crippen MR) is 97.5 cm³/mol. The normalized spacial score (nSPS) is 32.1. The molecule has 0 aromatic carbocycles. The van der Waals surface area contributed by atoms with Gasteiger partial charge in [0.15, 0.2) is 0 Å². The monoisotopic (exact) mass is 343 g/mol. The van der Waals surface area contributed by atoms with Crippen molar-refractivity contribution in [2.24, 2.45) is 5.92 Å². The van der Waals surface area contributed by atoms with Crippen molar-refractivity contribution in [3.63, 3.8) is 0 Å². The van der Waals surface area contributed by atoms with Crippen LogP contribution in [0.15, 0.2) is 12.4 Å². The first-order chi connectivity index (χ1) is 12.0. The maximum absolute atomic E-state index is 11.4. The fourth-order valence-corrected chi connectivity index (χ4v) is 4.70. The zero-order valence-electron chi connectivity index (χ0n) is 15.6. The Balaban J connectivity index is 1.36. The molecule has 0 amide bonds. The molecule has 6 heteroatoms. The van der Waals surface area contributed by atoms with E-state index in [1.807, 2.05) is 12.4 Å². The summed E-state index contributed by atoms with van der Waals surface area (Å²) in [5.41, 5.74) is 1.15. The van der Waals surface area contributed by atoms with Gasteiger partial charge in [0, 0.05) is 61.6 Å². The molecule has 1 aromatic heterocycles. The van der Waals surface area contributed by atoms with E-state index in [0.717, 1.165) is 44.0 Å². The topological polar surface area (TPSA) is 52.6 Å². The molecule has 2 unspecified atom stereocenters. The summed E-state index contributed by atoms with van der Waals surface area (Å²) in [6, 6.07) is 1.65. The largest absolute Gasteiger partial charge is 0.332 e. The molecular weight excluding hydrogens is 314 g/mol. The summed E-state index contributed by atoms with van der Waals surface area (Å²) in [5, 5.41) is 0.